The minimum absolute atomic E-state index is 0.202. The predicted octanol–water partition coefficient (Wildman–Crippen LogP) is 3.19. The Morgan fingerprint density at radius 3 is 2.88 bits per heavy atom. The van der Waals surface area contributed by atoms with E-state index in [1.165, 1.54) is 0 Å². The first-order chi connectivity index (χ1) is 12.6. The van der Waals surface area contributed by atoms with Crippen molar-refractivity contribution in [3.8, 4) is 11.4 Å². The predicted molar refractivity (Wildman–Crippen MR) is 99.5 cm³/mol. The molecule has 2 aliphatic rings. The third-order valence-corrected chi connectivity index (χ3v) is 5.32. The summed E-state index contributed by atoms with van der Waals surface area (Å²) >= 11 is 0. The largest absolute Gasteiger partial charge is 0.376 e. The minimum Gasteiger partial charge on any atom is -0.376 e. The lowest BCUT2D eigenvalue weighted by Gasteiger charge is -2.34. The van der Waals surface area contributed by atoms with Gasteiger partial charge in [0.05, 0.1) is 24.3 Å². The Kier molecular flexibility index (Phi) is 4.49. The van der Waals surface area contributed by atoms with Gasteiger partial charge in [0.15, 0.2) is 5.82 Å². The molecule has 0 unspecified atom stereocenters. The van der Waals surface area contributed by atoms with E-state index in [9.17, 15) is 4.79 Å². The molecular weight excluding hydrogens is 326 g/mol. The Bertz CT molecular complexity index is 806. The van der Waals surface area contributed by atoms with E-state index in [1.54, 1.807) is 0 Å². The minimum atomic E-state index is -0.202. The molecule has 1 spiro atoms. The molecule has 1 aromatic carbocycles. The van der Waals surface area contributed by atoms with Crippen LogP contribution in [0, 0.1) is 5.92 Å². The molecule has 1 fully saturated rings. The lowest BCUT2D eigenvalue weighted by molar-refractivity contribution is -0.131. The van der Waals surface area contributed by atoms with Crippen LogP contribution < -0.4 is 0 Å². The number of likely N-dealkylation sites (tertiary alicyclic amines) is 1. The summed E-state index contributed by atoms with van der Waals surface area (Å²) in [6.45, 7) is 6.81. The van der Waals surface area contributed by atoms with E-state index in [0.29, 0.717) is 32.1 Å². The molecular formula is C21H25N3O2. The van der Waals surface area contributed by atoms with Gasteiger partial charge in [-0.2, -0.15) is 0 Å². The number of amides is 1. The Morgan fingerprint density at radius 2 is 2.12 bits per heavy atom. The number of benzene rings is 1. The fourth-order valence-electron chi connectivity index (χ4n) is 4.00. The molecule has 5 nitrogen and oxygen atoms in total. The van der Waals surface area contributed by atoms with E-state index in [2.05, 4.69) is 18.8 Å². The number of carbonyl (C=O) groups excluding carboxylic acids is 1. The SMILES string of the molecule is CC(C)CC(=O)N1CC[C@@]2(COCc3cnc(-c4ccccc4)nc32)C1. The third-order valence-electron chi connectivity index (χ3n) is 5.32. The number of nitrogens with zero attached hydrogens (tertiary/aromatic N) is 3. The quantitative estimate of drug-likeness (QED) is 0.852. The molecule has 136 valence electrons. The van der Waals surface area contributed by atoms with E-state index in [1.807, 2.05) is 41.4 Å². The number of carbonyl (C=O) groups is 1. The molecule has 3 heterocycles. The Labute approximate surface area is 154 Å². The van der Waals surface area contributed by atoms with Crippen molar-refractivity contribution in [1.29, 1.82) is 0 Å². The summed E-state index contributed by atoms with van der Waals surface area (Å²) in [5.74, 6) is 1.36. The van der Waals surface area contributed by atoms with Crippen molar-refractivity contribution in [3.63, 3.8) is 0 Å². The second kappa shape index (κ2) is 6.80. The van der Waals surface area contributed by atoms with Crippen molar-refractivity contribution in [3.05, 3.63) is 47.8 Å². The van der Waals surface area contributed by atoms with Crippen LogP contribution in [0.1, 0.15) is 37.9 Å². The number of ether oxygens (including phenoxy) is 1. The molecule has 0 aliphatic carbocycles. The third kappa shape index (κ3) is 3.12. The number of fused-ring (bicyclic) bond motifs is 2. The molecule has 4 rings (SSSR count). The molecule has 0 radical (unpaired) electrons. The van der Waals surface area contributed by atoms with Crippen LogP contribution >= 0.6 is 0 Å². The molecule has 0 bridgehead atoms. The first kappa shape index (κ1) is 17.2. The van der Waals surface area contributed by atoms with Crippen LogP contribution in [-0.4, -0.2) is 40.5 Å². The summed E-state index contributed by atoms with van der Waals surface area (Å²) < 4.78 is 5.87. The second-order valence-corrected chi connectivity index (χ2v) is 7.87. The molecule has 2 aromatic rings. The van der Waals surface area contributed by atoms with Crippen LogP contribution in [-0.2, 0) is 21.6 Å². The Balaban J connectivity index is 1.66. The highest BCUT2D eigenvalue weighted by atomic mass is 16.5. The highest BCUT2D eigenvalue weighted by Gasteiger charge is 2.46. The summed E-state index contributed by atoms with van der Waals surface area (Å²) in [6, 6.07) is 10.0. The standard InChI is InChI=1S/C21H25N3O2/c1-15(2)10-18(25)24-9-8-21(13-24)14-26-12-17-11-22-20(23-19(17)21)16-6-4-3-5-7-16/h3-7,11,15H,8-10,12-14H2,1-2H3/t21-/m0/s1. The summed E-state index contributed by atoms with van der Waals surface area (Å²) in [5.41, 5.74) is 2.93. The smallest absolute Gasteiger partial charge is 0.222 e. The molecule has 26 heavy (non-hydrogen) atoms. The van der Waals surface area contributed by atoms with E-state index in [4.69, 9.17) is 9.72 Å². The van der Waals surface area contributed by atoms with Gasteiger partial charge in [0.2, 0.25) is 5.91 Å². The lowest BCUT2D eigenvalue weighted by atomic mass is 9.80. The lowest BCUT2D eigenvalue weighted by Crippen LogP contribution is -2.41. The zero-order chi connectivity index (χ0) is 18.1. The maximum absolute atomic E-state index is 12.5. The average molecular weight is 351 g/mol. The number of hydrogen-bond donors (Lipinski definition) is 0. The van der Waals surface area contributed by atoms with E-state index in [0.717, 1.165) is 35.6 Å². The van der Waals surface area contributed by atoms with Crippen LogP contribution in [0.15, 0.2) is 36.5 Å². The molecule has 0 N–H and O–H groups in total. The molecule has 1 atom stereocenters. The summed E-state index contributed by atoms with van der Waals surface area (Å²) in [7, 11) is 0. The fraction of sp³-hybridized carbons (Fsp3) is 0.476. The highest BCUT2D eigenvalue weighted by molar-refractivity contribution is 5.77. The Morgan fingerprint density at radius 1 is 1.31 bits per heavy atom. The van der Waals surface area contributed by atoms with Crippen molar-refractivity contribution in [2.24, 2.45) is 5.92 Å². The van der Waals surface area contributed by atoms with Gasteiger partial charge in [-0.15, -0.1) is 0 Å². The van der Waals surface area contributed by atoms with Crippen molar-refractivity contribution < 1.29 is 9.53 Å². The van der Waals surface area contributed by atoms with Gasteiger partial charge in [-0.05, 0) is 12.3 Å². The zero-order valence-corrected chi connectivity index (χ0v) is 15.4. The molecule has 1 aromatic heterocycles. The maximum atomic E-state index is 12.5. The van der Waals surface area contributed by atoms with Gasteiger partial charge in [0.25, 0.3) is 0 Å². The molecule has 1 amide bonds. The second-order valence-electron chi connectivity index (χ2n) is 7.87. The van der Waals surface area contributed by atoms with Crippen molar-refractivity contribution >= 4 is 5.91 Å². The van der Waals surface area contributed by atoms with Gasteiger partial charge in [0.1, 0.15) is 0 Å². The maximum Gasteiger partial charge on any atom is 0.222 e. The summed E-state index contributed by atoms with van der Waals surface area (Å²) in [6.07, 6.45) is 3.39. The van der Waals surface area contributed by atoms with Crippen molar-refractivity contribution in [2.45, 2.75) is 38.7 Å². The van der Waals surface area contributed by atoms with Gasteiger partial charge < -0.3 is 9.64 Å². The van der Waals surface area contributed by atoms with E-state index >= 15 is 0 Å². The number of aromatic nitrogens is 2. The highest BCUT2D eigenvalue weighted by Crippen LogP contribution is 2.39. The molecule has 2 aliphatic heterocycles. The van der Waals surface area contributed by atoms with Gasteiger partial charge in [-0.1, -0.05) is 44.2 Å². The van der Waals surface area contributed by atoms with Gasteiger partial charge >= 0.3 is 0 Å². The van der Waals surface area contributed by atoms with Gasteiger partial charge in [-0.3, -0.25) is 4.79 Å². The van der Waals surface area contributed by atoms with Crippen LogP contribution in [0.5, 0.6) is 0 Å². The van der Waals surface area contributed by atoms with Crippen LogP contribution in [0.25, 0.3) is 11.4 Å². The first-order valence-corrected chi connectivity index (χ1v) is 9.35. The van der Waals surface area contributed by atoms with Crippen molar-refractivity contribution in [2.75, 3.05) is 19.7 Å². The van der Waals surface area contributed by atoms with E-state index < -0.39 is 0 Å². The Hall–Kier alpha value is -2.27. The summed E-state index contributed by atoms with van der Waals surface area (Å²) in [4.78, 5) is 24.0. The fourth-order valence-corrected chi connectivity index (χ4v) is 4.00. The van der Waals surface area contributed by atoms with Crippen molar-refractivity contribution in [1.82, 2.24) is 14.9 Å². The first-order valence-electron chi connectivity index (χ1n) is 9.35. The van der Waals surface area contributed by atoms with Crippen LogP contribution in [0.4, 0.5) is 0 Å². The van der Waals surface area contributed by atoms with Gasteiger partial charge in [-0.25, -0.2) is 9.97 Å². The van der Waals surface area contributed by atoms with E-state index in [-0.39, 0.29) is 11.3 Å². The van der Waals surface area contributed by atoms with Gasteiger partial charge in [0, 0.05) is 36.8 Å². The number of rotatable bonds is 3. The van der Waals surface area contributed by atoms with Crippen LogP contribution in [0.2, 0.25) is 0 Å². The number of hydrogen-bond acceptors (Lipinski definition) is 4. The topological polar surface area (TPSA) is 55.3 Å². The normalized spacial score (nSPS) is 22.0. The zero-order valence-electron chi connectivity index (χ0n) is 15.4. The summed E-state index contributed by atoms with van der Waals surface area (Å²) in [5, 5.41) is 0. The monoisotopic (exact) mass is 351 g/mol. The molecule has 0 saturated carbocycles. The average Bonchev–Trinajstić information content (AvgIpc) is 3.07. The van der Waals surface area contributed by atoms with Crippen LogP contribution in [0.3, 0.4) is 0 Å². The molecule has 5 heteroatoms. The molecule has 1 saturated heterocycles.